The molecule has 0 unspecified atom stereocenters. The summed E-state index contributed by atoms with van der Waals surface area (Å²) in [5.74, 6) is -1.16. The minimum atomic E-state index is -0.917. The summed E-state index contributed by atoms with van der Waals surface area (Å²) < 4.78 is 8.33. The summed E-state index contributed by atoms with van der Waals surface area (Å²) in [7, 11) is 0. The van der Waals surface area contributed by atoms with Crippen molar-refractivity contribution in [1.29, 1.82) is 0 Å². The number of hydrogen-bond donors (Lipinski definition) is 1. The van der Waals surface area contributed by atoms with Crippen LogP contribution in [0.5, 0.6) is 0 Å². The highest BCUT2D eigenvalue weighted by atomic mass is 32.1. The van der Waals surface area contributed by atoms with Gasteiger partial charge in [-0.25, -0.2) is 4.79 Å². The lowest BCUT2D eigenvalue weighted by Crippen LogP contribution is -2.30. The van der Waals surface area contributed by atoms with Crippen molar-refractivity contribution in [2.45, 2.75) is 13.0 Å². The molecule has 0 aliphatic carbocycles. The average molecular weight is 305 g/mol. The summed E-state index contributed by atoms with van der Waals surface area (Å²) in [5.41, 5.74) is 5.08. The third-order valence-electron chi connectivity index (χ3n) is 2.94. The molecule has 0 aliphatic heterocycles. The van der Waals surface area contributed by atoms with Gasteiger partial charge in [0, 0.05) is 14.8 Å². The third kappa shape index (κ3) is 2.17. The Morgan fingerprint density at radius 2 is 1.95 bits per heavy atom. The molecule has 0 saturated heterocycles. The molecule has 3 aromatic rings. The first kappa shape index (κ1) is 13.1. The number of ether oxygens (including phenoxy) is 1. The predicted octanol–water partition coefficient (Wildman–Crippen LogP) is 3.15. The van der Waals surface area contributed by atoms with Crippen molar-refractivity contribution >= 4 is 54.0 Å². The van der Waals surface area contributed by atoms with Crippen LogP contribution in [-0.4, -0.2) is 18.0 Å². The number of rotatable bonds is 3. The quantitative estimate of drug-likeness (QED) is 0.756. The van der Waals surface area contributed by atoms with Gasteiger partial charge in [0.15, 0.2) is 6.10 Å². The molecular formula is C14H11NO3S2. The fourth-order valence-corrected chi connectivity index (χ4v) is 4.28. The third-order valence-corrected chi connectivity index (χ3v) is 5.33. The van der Waals surface area contributed by atoms with Crippen molar-refractivity contribution in [2.24, 2.45) is 5.73 Å². The van der Waals surface area contributed by atoms with Crippen LogP contribution in [0.1, 0.15) is 16.6 Å². The maximum Gasteiger partial charge on any atom is 0.349 e. The summed E-state index contributed by atoms with van der Waals surface area (Å²) in [6.45, 7) is 1.46. The molecule has 6 heteroatoms. The van der Waals surface area contributed by atoms with Crippen LogP contribution < -0.4 is 5.73 Å². The zero-order chi connectivity index (χ0) is 14.3. The summed E-state index contributed by atoms with van der Waals surface area (Å²) in [6.07, 6.45) is -0.917. The molecule has 0 bridgehead atoms. The number of carbonyl (C=O) groups excluding carboxylic acids is 2. The van der Waals surface area contributed by atoms with E-state index in [9.17, 15) is 9.59 Å². The highest BCUT2D eigenvalue weighted by molar-refractivity contribution is 7.33. The average Bonchev–Trinajstić information content (AvgIpc) is 2.95. The van der Waals surface area contributed by atoms with Crippen molar-refractivity contribution in [1.82, 2.24) is 0 Å². The van der Waals surface area contributed by atoms with Crippen LogP contribution in [0, 0.1) is 0 Å². The zero-order valence-corrected chi connectivity index (χ0v) is 12.2. The first-order valence-electron chi connectivity index (χ1n) is 5.97. The lowest BCUT2D eigenvalue weighted by atomic mass is 10.2. The van der Waals surface area contributed by atoms with Gasteiger partial charge < -0.3 is 10.5 Å². The second kappa shape index (κ2) is 4.88. The number of carbonyl (C=O) groups is 2. The molecule has 0 radical (unpaired) electrons. The number of esters is 1. The van der Waals surface area contributed by atoms with Crippen LogP contribution in [0.3, 0.4) is 0 Å². The van der Waals surface area contributed by atoms with E-state index in [0.717, 1.165) is 14.8 Å². The molecule has 102 valence electrons. The lowest BCUT2D eigenvalue weighted by Gasteiger charge is -2.07. The standard InChI is InChI=1S/C14H11NO3S2/c1-7(13(15)16)18-14(17)11-6-10-12(20-11)8-4-2-3-5-9(8)19-10/h2-7H,1H3,(H2,15,16)/t7-/m0/s1. The van der Waals surface area contributed by atoms with E-state index in [1.807, 2.05) is 18.2 Å². The zero-order valence-electron chi connectivity index (χ0n) is 10.6. The van der Waals surface area contributed by atoms with E-state index in [1.165, 1.54) is 23.0 Å². The maximum atomic E-state index is 11.9. The Morgan fingerprint density at radius 3 is 2.70 bits per heavy atom. The van der Waals surface area contributed by atoms with Gasteiger partial charge in [0.05, 0.1) is 4.70 Å². The Hall–Kier alpha value is -1.92. The topological polar surface area (TPSA) is 69.4 Å². The monoisotopic (exact) mass is 305 g/mol. The second-order valence-corrected chi connectivity index (χ2v) is 6.49. The van der Waals surface area contributed by atoms with Gasteiger partial charge in [-0.3, -0.25) is 4.79 Å². The normalized spacial score (nSPS) is 12.7. The van der Waals surface area contributed by atoms with Crippen molar-refractivity contribution < 1.29 is 14.3 Å². The van der Waals surface area contributed by atoms with Crippen LogP contribution in [0.4, 0.5) is 0 Å². The number of primary amides is 1. The molecule has 4 nitrogen and oxygen atoms in total. The molecule has 0 saturated carbocycles. The van der Waals surface area contributed by atoms with Crippen LogP contribution in [0.15, 0.2) is 30.3 Å². The van der Waals surface area contributed by atoms with E-state index >= 15 is 0 Å². The minimum absolute atomic E-state index is 0.491. The van der Waals surface area contributed by atoms with Gasteiger partial charge in [-0.2, -0.15) is 0 Å². The fraction of sp³-hybridized carbons (Fsp3) is 0.143. The summed E-state index contributed by atoms with van der Waals surface area (Å²) in [4.78, 5) is 23.4. The van der Waals surface area contributed by atoms with Crippen molar-refractivity contribution in [3.63, 3.8) is 0 Å². The highest BCUT2D eigenvalue weighted by Crippen LogP contribution is 2.39. The van der Waals surface area contributed by atoms with Gasteiger partial charge in [-0.05, 0) is 19.1 Å². The Morgan fingerprint density at radius 1 is 1.20 bits per heavy atom. The molecule has 0 spiro atoms. The number of thiophene rings is 2. The van der Waals surface area contributed by atoms with Crippen LogP contribution in [-0.2, 0) is 9.53 Å². The molecule has 3 rings (SSSR count). The molecular weight excluding hydrogens is 294 g/mol. The van der Waals surface area contributed by atoms with Gasteiger partial charge >= 0.3 is 5.97 Å². The molecule has 0 fully saturated rings. The molecule has 2 heterocycles. The van der Waals surface area contributed by atoms with Gasteiger partial charge in [0.25, 0.3) is 5.91 Å². The number of nitrogens with two attached hydrogens (primary N) is 1. The summed E-state index contributed by atoms with van der Waals surface area (Å²) >= 11 is 3.02. The second-order valence-electron chi connectivity index (χ2n) is 4.35. The fourth-order valence-electron chi connectivity index (χ4n) is 1.88. The molecule has 1 atom stereocenters. The number of amides is 1. The number of benzene rings is 1. The van der Waals surface area contributed by atoms with Crippen LogP contribution in [0.25, 0.3) is 19.5 Å². The van der Waals surface area contributed by atoms with E-state index in [1.54, 1.807) is 17.4 Å². The highest BCUT2D eigenvalue weighted by Gasteiger charge is 2.19. The molecule has 20 heavy (non-hydrogen) atoms. The molecule has 1 amide bonds. The van der Waals surface area contributed by atoms with Crippen molar-refractivity contribution in [3.8, 4) is 0 Å². The van der Waals surface area contributed by atoms with Gasteiger partial charge in [0.2, 0.25) is 0 Å². The van der Waals surface area contributed by atoms with Crippen LogP contribution in [0.2, 0.25) is 0 Å². The Bertz CT molecular complexity index is 818. The van der Waals surface area contributed by atoms with E-state index in [4.69, 9.17) is 10.5 Å². The maximum absolute atomic E-state index is 11.9. The first-order valence-corrected chi connectivity index (χ1v) is 7.61. The lowest BCUT2D eigenvalue weighted by molar-refractivity contribution is -0.125. The Balaban J connectivity index is 1.97. The van der Waals surface area contributed by atoms with E-state index in [2.05, 4.69) is 6.07 Å². The largest absolute Gasteiger partial charge is 0.448 e. The minimum Gasteiger partial charge on any atom is -0.448 e. The van der Waals surface area contributed by atoms with Gasteiger partial charge in [0.1, 0.15) is 4.88 Å². The van der Waals surface area contributed by atoms with E-state index < -0.39 is 18.0 Å². The SMILES string of the molecule is C[C@H](OC(=O)c1cc2sc3ccccc3c2s1)C(N)=O. The van der Waals surface area contributed by atoms with Gasteiger partial charge in [-0.15, -0.1) is 22.7 Å². The molecule has 2 N–H and O–H groups in total. The van der Waals surface area contributed by atoms with E-state index in [0.29, 0.717) is 4.88 Å². The molecule has 0 aliphatic rings. The predicted molar refractivity (Wildman–Crippen MR) is 81.3 cm³/mol. The van der Waals surface area contributed by atoms with Crippen LogP contribution >= 0.6 is 22.7 Å². The van der Waals surface area contributed by atoms with E-state index in [-0.39, 0.29) is 0 Å². The van der Waals surface area contributed by atoms with Gasteiger partial charge in [-0.1, -0.05) is 18.2 Å². The molecule has 1 aromatic carbocycles. The van der Waals surface area contributed by atoms with Crippen molar-refractivity contribution in [3.05, 3.63) is 35.2 Å². The molecule has 2 aromatic heterocycles. The smallest absolute Gasteiger partial charge is 0.349 e. The first-order chi connectivity index (χ1) is 9.56. The summed E-state index contributed by atoms with van der Waals surface area (Å²) in [5, 5.41) is 1.14. The Kier molecular flexibility index (Phi) is 3.19. The Labute approximate surface area is 122 Å². The number of hydrogen-bond acceptors (Lipinski definition) is 5. The van der Waals surface area contributed by atoms with Crippen molar-refractivity contribution in [2.75, 3.05) is 0 Å². The number of fused-ring (bicyclic) bond motifs is 3. The summed E-state index contributed by atoms with van der Waals surface area (Å²) in [6, 6.07) is 9.86.